The summed E-state index contributed by atoms with van der Waals surface area (Å²) in [6, 6.07) is 7.66. The maximum atomic E-state index is 12.8. The zero-order chi connectivity index (χ0) is 19.1. The zero-order valence-corrected chi connectivity index (χ0v) is 16.8. The fourth-order valence-corrected chi connectivity index (χ4v) is 4.35. The van der Waals surface area contributed by atoms with Gasteiger partial charge in [0.1, 0.15) is 11.4 Å². The Morgan fingerprint density at radius 1 is 1.22 bits per heavy atom. The minimum Gasteiger partial charge on any atom is -0.494 e. The van der Waals surface area contributed by atoms with Crippen LogP contribution in [-0.4, -0.2) is 49.8 Å². The molecule has 0 radical (unpaired) electrons. The van der Waals surface area contributed by atoms with E-state index in [4.69, 9.17) is 9.47 Å². The van der Waals surface area contributed by atoms with E-state index < -0.39 is 5.60 Å². The Balaban J connectivity index is 1.45. The Morgan fingerprint density at radius 2 is 1.96 bits per heavy atom. The molecule has 1 aromatic rings. The molecule has 1 aromatic carbocycles. The van der Waals surface area contributed by atoms with Crippen LogP contribution in [0.4, 0.5) is 5.69 Å². The van der Waals surface area contributed by atoms with Crippen molar-refractivity contribution >= 4 is 11.6 Å². The quantitative estimate of drug-likeness (QED) is 0.697. The number of anilines is 1. The van der Waals surface area contributed by atoms with Crippen molar-refractivity contribution in [1.29, 1.82) is 0 Å². The van der Waals surface area contributed by atoms with Crippen molar-refractivity contribution in [3.8, 4) is 5.75 Å². The van der Waals surface area contributed by atoms with Gasteiger partial charge in [-0.3, -0.25) is 4.79 Å². The second-order valence-electron chi connectivity index (χ2n) is 8.13. The van der Waals surface area contributed by atoms with Gasteiger partial charge in [-0.25, -0.2) is 0 Å². The van der Waals surface area contributed by atoms with Crippen LogP contribution in [0, 0.1) is 5.92 Å². The molecule has 0 spiro atoms. The van der Waals surface area contributed by atoms with Gasteiger partial charge >= 0.3 is 0 Å². The lowest BCUT2D eigenvalue weighted by Crippen LogP contribution is -2.47. The van der Waals surface area contributed by atoms with E-state index >= 15 is 0 Å². The molecule has 2 fully saturated rings. The number of ether oxygens (including phenoxy) is 2. The van der Waals surface area contributed by atoms with Crippen molar-refractivity contribution in [2.24, 2.45) is 5.92 Å². The number of benzene rings is 1. The first-order valence-electron chi connectivity index (χ1n) is 10.4. The summed E-state index contributed by atoms with van der Waals surface area (Å²) in [5.41, 5.74) is 0.0988. The molecule has 0 unspecified atom stereocenters. The van der Waals surface area contributed by atoms with Crippen LogP contribution in [-0.2, 0) is 9.53 Å². The standard InChI is InChI=1S/C22H34N2O3/c1-18-7-5-12-22(17-18,26-2)21(25)23-19-8-10-20(11-9-19)27-16-6-15-24-13-3-4-14-24/h8-11,18H,3-7,12-17H2,1-2H3,(H,23,25)/t18-,22-/m0/s1. The van der Waals surface area contributed by atoms with Crippen molar-refractivity contribution in [2.45, 2.75) is 57.5 Å². The van der Waals surface area contributed by atoms with Crippen LogP contribution >= 0.6 is 0 Å². The number of likely N-dealkylation sites (tertiary alicyclic amines) is 1. The number of nitrogens with one attached hydrogen (secondary N) is 1. The van der Waals surface area contributed by atoms with Gasteiger partial charge in [-0.2, -0.15) is 0 Å². The summed E-state index contributed by atoms with van der Waals surface area (Å²) in [6.07, 6.45) is 7.49. The van der Waals surface area contributed by atoms with E-state index in [1.165, 1.54) is 32.4 Å². The molecule has 27 heavy (non-hydrogen) atoms. The van der Waals surface area contributed by atoms with E-state index in [0.717, 1.165) is 50.3 Å². The van der Waals surface area contributed by atoms with Crippen molar-refractivity contribution in [3.05, 3.63) is 24.3 Å². The Bertz CT molecular complexity index is 598. The lowest BCUT2D eigenvalue weighted by atomic mass is 9.78. The van der Waals surface area contributed by atoms with Gasteiger partial charge in [0.25, 0.3) is 5.91 Å². The van der Waals surface area contributed by atoms with Gasteiger partial charge in [-0.05, 0) is 81.8 Å². The maximum Gasteiger partial charge on any atom is 0.256 e. The normalized spacial score (nSPS) is 26.1. The predicted molar refractivity (Wildman–Crippen MR) is 108 cm³/mol. The van der Waals surface area contributed by atoms with E-state index in [9.17, 15) is 4.79 Å². The SMILES string of the molecule is CO[C@@]1(C(=O)Nc2ccc(OCCCN3CCCC3)cc2)CCC[C@H](C)C1. The maximum absolute atomic E-state index is 12.8. The van der Waals surface area contributed by atoms with Crippen LogP contribution in [0.2, 0.25) is 0 Å². The van der Waals surface area contributed by atoms with Crippen LogP contribution in [0.15, 0.2) is 24.3 Å². The van der Waals surface area contributed by atoms with Crippen molar-refractivity contribution in [2.75, 3.05) is 38.7 Å². The van der Waals surface area contributed by atoms with Crippen LogP contribution in [0.3, 0.4) is 0 Å². The third kappa shape index (κ3) is 5.45. The Morgan fingerprint density at radius 3 is 2.63 bits per heavy atom. The lowest BCUT2D eigenvalue weighted by Gasteiger charge is -2.37. The number of hydrogen-bond acceptors (Lipinski definition) is 4. The smallest absolute Gasteiger partial charge is 0.256 e. The molecule has 2 aliphatic rings. The average Bonchev–Trinajstić information content (AvgIpc) is 3.20. The average molecular weight is 375 g/mol. The summed E-state index contributed by atoms with van der Waals surface area (Å²) >= 11 is 0. The monoisotopic (exact) mass is 374 g/mol. The highest BCUT2D eigenvalue weighted by Crippen LogP contribution is 2.35. The fourth-order valence-electron chi connectivity index (χ4n) is 4.35. The summed E-state index contributed by atoms with van der Waals surface area (Å²) in [4.78, 5) is 15.3. The highest BCUT2D eigenvalue weighted by Gasteiger charge is 2.41. The zero-order valence-electron chi connectivity index (χ0n) is 16.8. The Kier molecular flexibility index (Phi) is 7.13. The second kappa shape index (κ2) is 9.56. The van der Waals surface area contributed by atoms with Crippen molar-refractivity contribution < 1.29 is 14.3 Å². The van der Waals surface area contributed by atoms with Crippen molar-refractivity contribution in [3.63, 3.8) is 0 Å². The van der Waals surface area contributed by atoms with Gasteiger partial charge in [0.15, 0.2) is 0 Å². The van der Waals surface area contributed by atoms with Gasteiger partial charge in [0.2, 0.25) is 0 Å². The van der Waals surface area contributed by atoms with Gasteiger partial charge in [-0.1, -0.05) is 13.3 Å². The molecule has 1 aliphatic heterocycles. The number of rotatable bonds is 8. The van der Waals surface area contributed by atoms with Crippen LogP contribution < -0.4 is 10.1 Å². The van der Waals surface area contributed by atoms with E-state index in [0.29, 0.717) is 5.92 Å². The van der Waals surface area contributed by atoms with Crippen LogP contribution in [0.5, 0.6) is 5.75 Å². The number of carbonyl (C=O) groups excluding carboxylic acids is 1. The van der Waals surface area contributed by atoms with Gasteiger partial charge in [-0.15, -0.1) is 0 Å². The molecular formula is C22H34N2O3. The van der Waals surface area contributed by atoms with Gasteiger partial charge < -0.3 is 19.7 Å². The number of nitrogens with zero attached hydrogens (tertiary/aromatic N) is 1. The van der Waals surface area contributed by atoms with Crippen LogP contribution in [0.1, 0.15) is 51.9 Å². The minimum atomic E-state index is -0.692. The van der Waals surface area contributed by atoms with Crippen molar-refractivity contribution in [1.82, 2.24) is 4.90 Å². The molecule has 2 atom stereocenters. The molecule has 1 heterocycles. The molecule has 3 rings (SSSR count). The van der Waals surface area contributed by atoms with E-state index in [2.05, 4.69) is 17.1 Å². The lowest BCUT2D eigenvalue weighted by molar-refractivity contribution is -0.143. The molecule has 0 aromatic heterocycles. The largest absolute Gasteiger partial charge is 0.494 e. The second-order valence-corrected chi connectivity index (χ2v) is 8.13. The van der Waals surface area contributed by atoms with E-state index in [1.54, 1.807) is 7.11 Å². The first-order chi connectivity index (χ1) is 13.1. The number of hydrogen-bond donors (Lipinski definition) is 1. The first-order valence-corrected chi connectivity index (χ1v) is 10.4. The predicted octanol–water partition coefficient (Wildman–Crippen LogP) is 4.09. The molecule has 1 saturated heterocycles. The summed E-state index contributed by atoms with van der Waals surface area (Å²) in [6.45, 7) is 6.50. The molecule has 5 heteroatoms. The Labute approximate surface area is 163 Å². The molecule has 0 bridgehead atoms. The molecule has 1 amide bonds. The number of amides is 1. The van der Waals surface area contributed by atoms with Gasteiger partial charge in [0.05, 0.1) is 6.61 Å². The molecule has 5 nitrogen and oxygen atoms in total. The topological polar surface area (TPSA) is 50.8 Å². The molecule has 1 saturated carbocycles. The molecule has 150 valence electrons. The third-order valence-corrected chi connectivity index (χ3v) is 5.96. The summed E-state index contributed by atoms with van der Waals surface area (Å²) in [5.74, 6) is 1.33. The van der Waals surface area contributed by atoms with E-state index in [-0.39, 0.29) is 5.91 Å². The molecule has 1 N–H and O–H groups in total. The highest BCUT2D eigenvalue weighted by atomic mass is 16.5. The van der Waals surface area contributed by atoms with Crippen LogP contribution in [0.25, 0.3) is 0 Å². The summed E-state index contributed by atoms with van der Waals surface area (Å²) < 4.78 is 11.5. The summed E-state index contributed by atoms with van der Waals surface area (Å²) in [7, 11) is 1.65. The molecule has 1 aliphatic carbocycles. The third-order valence-electron chi connectivity index (χ3n) is 5.96. The highest BCUT2D eigenvalue weighted by molar-refractivity contribution is 5.97. The fraction of sp³-hybridized carbons (Fsp3) is 0.682. The minimum absolute atomic E-state index is 0.0316. The first kappa shape index (κ1) is 20.2. The van der Waals surface area contributed by atoms with Gasteiger partial charge in [0, 0.05) is 19.3 Å². The summed E-state index contributed by atoms with van der Waals surface area (Å²) in [5, 5.41) is 3.03. The van der Waals surface area contributed by atoms with E-state index in [1.807, 2.05) is 24.3 Å². The number of methoxy groups -OCH3 is 1. The Hall–Kier alpha value is -1.59. The number of carbonyl (C=O) groups is 1. The molecular weight excluding hydrogens is 340 g/mol.